The van der Waals surface area contributed by atoms with Crippen molar-refractivity contribution < 1.29 is 0 Å². The van der Waals surface area contributed by atoms with Gasteiger partial charge in [-0.25, -0.2) is 4.98 Å². The quantitative estimate of drug-likeness (QED) is 0.910. The van der Waals surface area contributed by atoms with Gasteiger partial charge in [-0.05, 0) is 27.7 Å². The standard InChI is InChI=1S/C16H22N2S/c1-12-5-7-13(8-6-12)14-11-19-15(18-14)9-10-17-16(2,3)4/h5-8,11,17H,9-10H2,1-4H3. The van der Waals surface area contributed by atoms with Gasteiger partial charge in [-0.3, -0.25) is 0 Å². The molecule has 1 N–H and O–H groups in total. The number of hydrogen-bond acceptors (Lipinski definition) is 3. The van der Waals surface area contributed by atoms with E-state index in [1.54, 1.807) is 11.3 Å². The van der Waals surface area contributed by atoms with Gasteiger partial charge in [0.05, 0.1) is 10.7 Å². The molecule has 2 nitrogen and oxygen atoms in total. The Kier molecular flexibility index (Phi) is 4.38. The molecule has 2 aromatic rings. The summed E-state index contributed by atoms with van der Waals surface area (Å²) in [5.74, 6) is 0. The molecule has 0 fully saturated rings. The first-order valence-corrected chi connectivity index (χ1v) is 7.58. The second-order valence-electron chi connectivity index (χ2n) is 5.92. The molecule has 0 aliphatic carbocycles. The van der Waals surface area contributed by atoms with Crippen molar-refractivity contribution in [3.8, 4) is 11.3 Å². The minimum Gasteiger partial charge on any atom is -0.312 e. The molecule has 3 heteroatoms. The van der Waals surface area contributed by atoms with E-state index in [4.69, 9.17) is 4.98 Å². The third kappa shape index (κ3) is 4.44. The molecule has 2 rings (SSSR count). The summed E-state index contributed by atoms with van der Waals surface area (Å²) in [4.78, 5) is 4.71. The highest BCUT2D eigenvalue weighted by atomic mass is 32.1. The normalized spacial score (nSPS) is 11.8. The maximum absolute atomic E-state index is 4.71. The number of aryl methyl sites for hydroxylation is 1. The van der Waals surface area contributed by atoms with Gasteiger partial charge in [0.15, 0.2) is 0 Å². The van der Waals surface area contributed by atoms with Crippen molar-refractivity contribution in [1.29, 1.82) is 0 Å². The second kappa shape index (κ2) is 5.85. The molecule has 0 spiro atoms. The molecule has 1 aromatic carbocycles. The molecule has 0 saturated heterocycles. The topological polar surface area (TPSA) is 24.9 Å². The highest BCUT2D eigenvalue weighted by Crippen LogP contribution is 2.22. The van der Waals surface area contributed by atoms with Gasteiger partial charge in [-0.2, -0.15) is 0 Å². The Hall–Kier alpha value is -1.19. The Balaban J connectivity index is 1.97. The molecule has 1 heterocycles. The fourth-order valence-electron chi connectivity index (χ4n) is 1.83. The first-order chi connectivity index (χ1) is 8.94. The molecule has 102 valence electrons. The Morgan fingerprint density at radius 2 is 1.84 bits per heavy atom. The van der Waals surface area contributed by atoms with Crippen LogP contribution in [0.1, 0.15) is 31.3 Å². The predicted molar refractivity (Wildman–Crippen MR) is 83.7 cm³/mol. The van der Waals surface area contributed by atoms with Gasteiger partial charge in [0, 0.05) is 29.4 Å². The molecule has 19 heavy (non-hydrogen) atoms. The zero-order chi connectivity index (χ0) is 13.9. The molecule has 0 radical (unpaired) electrons. The summed E-state index contributed by atoms with van der Waals surface area (Å²) in [6.07, 6.45) is 0.994. The van der Waals surface area contributed by atoms with Gasteiger partial charge in [0.25, 0.3) is 0 Å². The van der Waals surface area contributed by atoms with Crippen molar-refractivity contribution in [2.45, 2.75) is 39.7 Å². The van der Waals surface area contributed by atoms with Crippen LogP contribution in [-0.4, -0.2) is 17.1 Å². The molecule has 0 saturated carbocycles. The molecule has 0 amide bonds. The predicted octanol–water partition coefficient (Wildman–Crippen LogP) is 4.05. The third-order valence-electron chi connectivity index (χ3n) is 2.89. The van der Waals surface area contributed by atoms with E-state index in [9.17, 15) is 0 Å². The van der Waals surface area contributed by atoms with Crippen molar-refractivity contribution in [3.63, 3.8) is 0 Å². The van der Waals surface area contributed by atoms with Crippen LogP contribution in [0, 0.1) is 6.92 Å². The van der Waals surface area contributed by atoms with Crippen molar-refractivity contribution in [2.24, 2.45) is 0 Å². The summed E-state index contributed by atoms with van der Waals surface area (Å²) in [5.41, 5.74) is 3.76. The number of benzene rings is 1. The number of nitrogens with one attached hydrogen (secondary N) is 1. The Labute approximate surface area is 119 Å². The molecule has 0 bridgehead atoms. The molecule has 0 unspecified atom stereocenters. The van der Waals surface area contributed by atoms with Gasteiger partial charge in [0.1, 0.15) is 0 Å². The Bertz CT molecular complexity index is 520. The molecule has 0 aliphatic rings. The maximum Gasteiger partial charge on any atom is 0.0945 e. The lowest BCUT2D eigenvalue weighted by atomic mass is 10.1. The summed E-state index contributed by atoms with van der Waals surface area (Å²) >= 11 is 1.75. The summed E-state index contributed by atoms with van der Waals surface area (Å²) in [6, 6.07) is 8.55. The zero-order valence-corrected chi connectivity index (χ0v) is 13.0. The van der Waals surface area contributed by atoms with E-state index < -0.39 is 0 Å². The van der Waals surface area contributed by atoms with Crippen LogP contribution in [-0.2, 0) is 6.42 Å². The van der Waals surface area contributed by atoms with Crippen LogP contribution in [0.5, 0.6) is 0 Å². The van der Waals surface area contributed by atoms with Gasteiger partial charge >= 0.3 is 0 Å². The highest BCUT2D eigenvalue weighted by Gasteiger charge is 2.09. The summed E-state index contributed by atoms with van der Waals surface area (Å²) < 4.78 is 0. The molecular weight excluding hydrogens is 252 g/mol. The van der Waals surface area contributed by atoms with E-state index in [0.717, 1.165) is 18.7 Å². The minimum absolute atomic E-state index is 0.178. The molecule has 1 aromatic heterocycles. The Morgan fingerprint density at radius 1 is 1.16 bits per heavy atom. The fraction of sp³-hybridized carbons (Fsp3) is 0.438. The largest absolute Gasteiger partial charge is 0.312 e. The summed E-state index contributed by atoms with van der Waals surface area (Å²) in [5, 5.41) is 6.84. The Morgan fingerprint density at radius 3 is 2.47 bits per heavy atom. The fourth-order valence-corrected chi connectivity index (χ4v) is 2.63. The lowest BCUT2D eigenvalue weighted by Crippen LogP contribution is -2.37. The van der Waals surface area contributed by atoms with Crippen LogP contribution in [0.4, 0.5) is 0 Å². The van der Waals surface area contributed by atoms with Gasteiger partial charge < -0.3 is 5.32 Å². The number of nitrogens with zero attached hydrogens (tertiary/aromatic N) is 1. The smallest absolute Gasteiger partial charge is 0.0945 e. The van der Waals surface area contributed by atoms with Crippen LogP contribution in [0.15, 0.2) is 29.6 Å². The van der Waals surface area contributed by atoms with Crippen LogP contribution in [0.3, 0.4) is 0 Å². The van der Waals surface area contributed by atoms with Crippen LogP contribution < -0.4 is 5.32 Å². The van der Waals surface area contributed by atoms with Gasteiger partial charge in [0.2, 0.25) is 0 Å². The molecule has 0 aliphatic heterocycles. The molecular formula is C16H22N2S. The monoisotopic (exact) mass is 274 g/mol. The van der Waals surface area contributed by atoms with Crippen molar-refractivity contribution in [3.05, 3.63) is 40.2 Å². The van der Waals surface area contributed by atoms with E-state index in [0.29, 0.717) is 0 Å². The average molecular weight is 274 g/mol. The first-order valence-electron chi connectivity index (χ1n) is 6.70. The lowest BCUT2D eigenvalue weighted by Gasteiger charge is -2.19. The van der Waals surface area contributed by atoms with E-state index in [2.05, 4.69) is 62.7 Å². The van der Waals surface area contributed by atoms with E-state index in [-0.39, 0.29) is 5.54 Å². The van der Waals surface area contributed by atoms with E-state index >= 15 is 0 Å². The lowest BCUT2D eigenvalue weighted by molar-refractivity contribution is 0.429. The average Bonchev–Trinajstić information content (AvgIpc) is 2.77. The number of rotatable bonds is 4. The summed E-state index contributed by atoms with van der Waals surface area (Å²) in [6.45, 7) is 9.64. The highest BCUT2D eigenvalue weighted by molar-refractivity contribution is 7.09. The number of hydrogen-bond donors (Lipinski definition) is 1. The van der Waals surface area contributed by atoms with Gasteiger partial charge in [-0.1, -0.05) is 29.8 Å². The third-order valence-corrected chi connectivity index (χ3v) is 3.80. The maximum atomic E-state index is 4.71. The van der Waals surface area contributed by atoms with Crippen LogP contribution in [0.25, 0.3) is 11.3 Å². The van der Waals surface area contributed by atoms with Crippen LogP contribution in [0.2, 0.25) is 0 Å². The summed E-state index contributed by atoms with van der Waals surface area (Å²) in [7, 11) is 0. The number of thiazole rings is 1. The van der Waals surface area contributed by atoms with Crippen molar-refractivity contribution in [1.82, 2.24) is 10.3 Å². The van der Waals surface area contributed by atoms with Gasteiger partial charge in [-0.15, -0.1) is 11.3 Å². The van der Waals surface area contributed by atoms with Crippen molar-refractivity contribution >= 4 is 11.3 Å². The van der Waals surface area contributed by atoms with E-state index in [1.807, 2.05) is 0 Å². The molecule has 0 atom stereocenters. The van der Waals surface area contributed by atoms with Crippen molar-refractivity contribution in [2.75, 3.05) is 6.54 Å². The van der Waals surface area contributed by atoms with Crippen LogP contribution >= 0.6 is 11.3 Å². The SMILES string of the molecule is Cc1ccc(-c2csc(CCNC(C)(C)C)n2)cc1. The van der Waals surface area contributed by atoms with E-state index in [1.165, 1.54) is 16.1 Å². The first kappa shape index (κ1) is 14.2. The number of aromatic nitrogens is 1. The zero-order valence-electron chi connectivity index (χ0n) is 12.2. The second-order valence-corrected chi connectivity index (χ2v) is 6.86. The minimum atomic E-state index is 0.178.